The number of rotatable bonds is 4. The molecule has 1 saturated heterocycles. The smallest absolute Gasteiger partial charge is 0.321 e. The summed E-state index contributed by atoms with van der Waals surface area (Å²) in [6.07, 6.45) is 0. The summed E-state index contributed by atoms with van der Waals surface area (Å²) in [5, 5.41) is 0.743. The highest BCUT2D eigenvalue weighted by molar-refractivity contribution is 8.23. The van der Waals surface area contributed by atoms with E-state index in [1.807, 2.05) is 13.8 Å². The number of carbonyl (C=O) groups is 1. The Labute approximate surface area is 164 Å². The van der Waals surface area contributed by atoms with Crippen molar-refractivity contribution in [3.05, 3.63) is 27.2 Å². The quantitative estimate of drug-likeness (QED) is 0.658. The van der Waals surface area contributed by atoms with Gasteiger partial charge in [-0.15, -0.1) is 0 Å². The van der Waals surface area contributed by atoms with Crippen molar-refractivity contribution in [3.8, 4) is 0 Å². The van der Waals surface area contributed by atoms with Crippen LogP contribution in [0.3, 0.4) is 0 Å². The predicted octanol–water partition coefficient (Wildman–Crippen LogP) is 4.94. The number of hydrogen-bond donors (Lipinski definition) is 2. The number of anilines is 1. The molecular formula is C15H21Cl3N2O4S. The van der Waals surface area contributed by atoms with Crippen molar-refractivity contribution in [1.82, 2.24) is 4.31 Å². The molecular weight excluding hydrogens is 411 g/mol. The first-order valence-corrected chi connectivity index (χ1v) is 10.2. The van der Waals surface area contributed by atoms with E-state index >= 15 is 0 Å². The molecule has 0 bridgehead atoms. The Morgan fingerprint density at radius 1 is 1.24 bits per heavy atom. The first-order chi connectivity index (χ1) is 11.5. The van der Waals surface area contributed by atoms with E-state index in [1.165, 1.54) is 20.7 Å². The average Bonchev–Trinajstić information content (AvgIpc) is 2.43. The number of esters is 1. The Morgan fingerprint density at radius 2 is 1.80 bits per heavy atom. The van der Waals surface area contributed by atoms with Crippen molar-refractivity contribution in [2.45, 2.75) is 20.8 Å². The second-order valence-electron chi connectivity index (χ2n) is 6.51. The van der Waals surface area contributed by atoms with E-state index in [-0.39, 0.29) is 40.8 Å². The second-order valence-corrected chi connectivity index (χ2v) is 9.70. The molecule has 0 spiro atoms. The minimum absolute atomic E-state index is 0.200. The summed E-state index contributed by atoms with van der Waals surface area (Å²) in [5.41, 5.74) is -0.0878. The van der Waals surface area contributed by atoms with Gasteiger partial charge in [-0.3, -0.25) is 18.2 Å². The molecule has 1 aliphatic rings. The Morgan fingerprint density at radius 3 is 2.32 bits per heavy atom. The van der Waals surface area contributed by atoms with Gasteiger partial charge in [0.15, 0.2) is 0 Å². The fourth-order valence-corrected chi connectivity index (χ4v) is 5.86. The zero-order chi connectivity index (χ0) is 19.0. The summed E-state index contributed by atoms with van der Waals surface area (Å²) in [6.45, 7) is 6.14. The van der Waals surface area contributed by atoms with E-state index in [0.29, 0.717) is 11.6 Å². The molecule has 2 rings (SSSR count). The van der Waals surface area contributed by atoms with E-state index in [2.05, 4.69) is 0 Å². The van der Waals surface area contributed by atoms with E-state index in [9.17, 15) is 13.9 Å². The lowest BCUT2D eigenvalue weighted by atomic mass is 9.93. The summed E-state index contributed by atoms with van der Waals surface area (Å²) < 4.78 is 29.3. The predicted molar refractivity (Wildman–Crippen MR) is 104 cm³/mol. The second kappa shape index (κ2) is 7.68. The van der Waals surface area contributed by atoms with Gasteiger partial charge in [-0.1, -0.05) is 48.7 Å². The molecule has 6 nitrogen and oxygen atoms in total. The van der Waals surface area contributed by atoms with Crippen LogP contribution in [-0.2, 0) is 9.53 Å². The molecule has 0 unspecified atom stereocenters. The highest BCUT2D eigenvalue weighted by Gasteiger charge is 2.44. The average molecular weight is 432 g/mol. The summed E-state index contributed by atoms with van der Waals surface area (Å²) in [5.74, 6) is -0.534. The van der Waals surface area contributed by atoms with Gasteiger partial charge in [0.1, 0.15) is 6.54 Å². The van der Waals surface area contributed by atoms with Crippen molar-refractivity contribution in [1.29, 1.82) is 0 Å². The summed E-state index contributed by atoms with van der Waals surface area (Å²) in [7, 11) is -3.51. The third-order valence-electron chi connectivity index (χ3n) is 3.66. The molecule has 10 heteroatoms. The minimum Gasteiger partial charge on any atom is -0.465 e. The van der Waals surface area contributed by atoms with Crippen LogP contribution in [0, 0.1) is 5.41 Å². The lowest BCUT2D eigenvalue weighted by Crippen LogP contribution is -2.55. The monoisotopic (exact) mass is 430 g/mol. The highest BCUT2D eigenvalue weighted by atomic mass is 35.5. The Hall–Kier alpha value is -0.410. The molecule has 1 aliphatic heterocycles. The van der Waals surface area contributed by atoms with Crippen molar-refractivity contribution >= 4 is 57.4 Å². The van der Waals surface area contributed by atoms with Crippen LogP contribution in [0.25, 0.3) is 0 Å². The first kappa shape index (κ1) is 20.9. The SMILES string of the molecule is CCOC(=O)CN1CC(C)(C)CN(c2c(Cl)cc(Cl)cc2Cl)S1(O)O. The van der Waals surface area contributed by atoms with Gasteiger partial charge < -0.3 is 4.74 Å². The van der Waals surface area contributed by atoms with Crippen LogP contribution in [0.2, 0.25) is 15.1 Å². The number of hydrogen-bond acceptors (Lipinski definition) is 6. The van der Waals surface area contributed by atoms with Crippen LogP contribution in [0.15, 0.2) is 12.1 Å². The van der Waals surface area contributed by atoms with Crippen molar-refractivity contribution < 1.29 is 18.6 Å². The summed E-state index contributed by atoms with van der Waals surface area (Å²) in [4.78, 5) is 11.9. The summed E-state index contributed by atoms with van der Waals surface area (Å²) in [6, 6.07) is 2.97. The molecule has 0 aliphatic carbocycles. The van der Waals surface area contributed by atoms with Crippen molar-refractivity contribution in [2.75, 3.05) is 30.5 Å². The molecule has 0 saturated carbocycles. The largest absolute Gasteiger partial charge is 0.465 e. The number of ether oxygens (including phenoxy) is 1. The zero-order valence-corrected chi connectivity index (χ0v) is 17.2. The van der Waals surface area contributed by atoms with Crippen LogP contribution < -0.4 is 4.31 Å². The van der Waals surface area contributed by atoms with E-state index in [0.717, 1.165) is 0 Å². The summed E-state index contributed by atoms with van der Waals surface area (Å²) >= 11 is 18.5. The Kier molecular flexibility index (Phi) is 6.42. The zero-order valence-electron chi connectivity index (χ0n) is 14.1. The third kappa shape index (κ3) is 4.66. The Balaban J connectivity index is 2.45. The van der Waals surface area contributed by atoms with Gasteiger partial charge in [0, 0.05) is 18.1 Å². The van der Waals surface area contributed by atoms with E-state index in [4.69, 9.17) is 39.5 Å². The first-order valence-electron chi connectivity index (χ1n) is 7.59. The van der Waals surface area contributed by atoms with Gasteiger partial charge in [-0.25, -0.2) is 0 Å². The maximum Gasteiger partial charge on any atom is 0.321 e. The maximum atomic E-state index is 11.9. The van der Waals surface area contributed by atoms with Gasteiger partial charge in [0.25, 0.3) is 0 Å². The lowest BCUT2D eigenvalue weighted by molar-refractivity contribution is -0.143. The van der Waals surface area contributed by atoms with E-state index < -0.39 is 16.9 Å². The number of halogens is 3. The Bertz CT molecular complexity index is 649. The van der Waals surface area contributed by atoms with Crippen LogP contribution in [-0.4, -0.2) is 45.6 Å². The standard InChI is InChI=1S/C15H21Cl3N2O4S/c1-4-24-13(21)7-19-8-15(2,3)9-20(25(19,22)23)14-11(17)5-10(16)6-12(14)18/h5-6,22-23H,4,7-9H2,1-3H3. The highest BCUT2D eigenvalue weighted by Crippen LogP contribution is 2.57. The molecule has 2 N–H and O–H groups in total. The van der Waals surface area contributed by atoms with Crippen LogP contribution >= 0.6 is 45.8 Å². The molecule has 0 amide bonds. The molecule has 142 valence electrons. The number of carbonyl (C=O) groups excluding carboxylic acids is 1. The van der Waals surface area contributed by atoms with Gasteiger partial charge in [-0.2, -0.15) is 4.31 Å². The van der Waals surface area contributed by atoms with Gasteiger partial charge in [-0.05, 0) is 35.4 Å². The molecule has 1 fully saturated rings. The van der Waals surface area contributed by atoms with Crippen molar-refractivity contribution in [2.24, 2.45) is 5.41 Å². The van der Waals surface area contributed by atoms with Gasteiger partial charge >= 0.3 is 5.97 Å². The molecule has 0 aromatic heterocycles. The number of benzene rings is 1. The van der Waals surface area contributed by atoms with E-state index in [1.54, 1.807) is 6.92 Å². The van der Waals surface area contributed by atoms with Crippen molar-refractivity contribution in [3.63, 3.8) is 0 Å². The van der Waals surface area contributed by atoms with Gasteiger partial charge in [0.2, 0.25) is 0 Å². The maximum absolute atomic E-state index is 11.9. The molecule has 0 atom stereocenters. The molecule has 1 heterocycles. The molecule has 1 aromatic carbocycles. The number of nitrogens with zero attached hydrogens (tertiary/aromatic N) is 2. The molecule has 1 aromatic rings. The third-order valence-corrected chi connectivity index (χ3v) is 6.31. The van der Waals surface area contributed by atoms with Crippen LogP contribution in [0.4, 0.5) is 5.69 Å². The fourth-order valence-electron chi connectivity index (χ4n) is 2.70. The molecule has 25 heavy (non-hydrogen) atoms. The van der Waals surface area contributed by atoms with Crippen LogP contribution in [0.1, 0.15) is 20.8 Å². The minimum atomic E-state index is -3.51. The fraction of sp³-hybridized carbons (Fsp3) is 0.533. The molecule has 0 radical (unpaired) electrons. The van der Waals surface area contributed by atoms with Crippen LogP contribution in [0.5, 0.6) is 0 Å². The normalized spacial score (nSPS) is 21.0. The topological polar surface area (TPSA) is 73.2 Å². The van der Waals surface area contributed by atoms with Gasteiger partial charge in [0.05, 0.1) is 22.3 Å². The lowest BCUT2D eigenvalue weighted by Gasteiger charge is -2.57.